The minimum Gasteiger partial charge on any atom is -0.298 e. The molecule has 0 bridgehead atoms. The fraction of sp³-hybridized carbons (Fsp3) is 0.417. The highest BCUT2D eigenvalue weighted by Gasteiger charge is 2.08. The van der Waals surface area contributed by atoms with Crippen molar-refractivity contribution in [1.82, 2.24) is 5.32 Å². The van der Waals surface area contributed by atoms with Crippen LogP contribution in [0.15, 0.2) is 24.3 Å². The van der Waals surface area contributed by atoms with Gasteiger partial charge >= 0.3 is 0 Å². The summed E-state index contributed by atoms with van der Waals surface area (Å²) in [6.45, 7) is 2.91. The number of hydrogen-bond acceptors (Lipinski definition) is 2. The number of hydrogen-bond donors (Lipinski definition) is 1. The second-order valence-electron chi connectivity index (χ2n) is 3.42. The Bertz CT molecular complexity index is 326. The smallest absolute Gasteiger partial charge is 0.123 e. The molecule has 0 saturated carbocycles. The third kappa shape index (κ3) is 3.69. The van der Waals surface area contributed by atoms with E-state index in [0.29, 0.717) is 0 Å². The zero-order valence-electron chi connectivity index (χ0n) is 8.83. The van der Waals surface area contributed by atoms with Gasteiger partial charge < -0.3 is 0 Å². The molecule has 2 nitrogen and oxygen atoms in total. The Hall–Kier alpha value is -1.40. The highest BCUT2D eigenvalue weighted by Crippen LogP contribution is 2.12. The average Bonchev–Trinajstić information content (AvgIpc) is 2.26. The van der Waals surface area contributed by atoms with Crippen LogP contribution in [0.1, 0.15) is 31.4 Å². The topological polar surface area (TPSA) is 35.8 Å². The minimum atomic E-state index is -0.336. The van der Waals surface area contributed by atoms with Gasteiger partial charge in [0.2, 0.25) is 0 Å². The van der Waals surface area contributed by atoms with Crippen molar-refractivity contribution in [2.45, 2.75) is 25.8 Å². The van der Waals surface area contributed by atoms with Crippen molar-refractivity contribution in [1.29, 1.82) is 5.26 Å². The van der Waals surface area contributed by atoms with Crippen LogP contribution in [-0.4, -0.2) is 6.54 Å². The van der Waals surface area contributed by atoms with Gasteiger partial charge in [0, 0.05) is 0 Å². The van der Waals surface area contributed by atoms with Crippen LogP contribution in [0.4, 0.5) is 4.39 Å². The van der Waals surface area contributed by atoms with Gasteiger partial charge in [0.1, 0.15) is 11.9 Å². The molecule has 1 aromatic carbocycles. The number of halogens is 1. The van der Waals surface area contributed by atoms with Crippen molar-refractivity contribution in [3.63, 3.8) is 0 Å². The van der Waals surface area contributed by atoms with E-state index in [4.69, 9.17) is 5.26 Å². The lowest BCUT2D eigenvalue weighted by molar-refractivity contribution is 0.593. The molecule has 0 aliphatic rings. The molecule has 0 aromatic heterocycles. The molecule has 80 valence electrons. The Kier molecular flexibility index (Phi) is 4.79. The summed E-state index contributed by atoms with van der Waals surface area (Å²) in [5.41, 5.74) is 0.815. The van der Waals surface area contributed by atoms with Crippen molar-refractivity contribution in [3.8, 4) is 6.07 Å². The van der Waals surface area contributed by atoms with Crippen LogP contribution in [0, 0.1) is 17.1 Å². The van der Waals surface area contributed by atoms with Crippen LogP contribution in [0.3, 0.4) is 0 Å². The molecular weight excluding hydrogens is 191 g/mol. The fourth-order valence-corrected chi connectivity index (χ4v) is 1.32. The second kappa shape index (κ2) is 6.15. The lowest BCUT2D eigenvalue weighted by atomic mass is 10.1. The van der Waals surface area contributed by atoms with E-state index in [1.807, 2.05) is 0 Å². The Morgan fingerprint density at radius 3 is 2.60 bits per heavy atom. The predicted octanol–water partition coefficient (Wildman–Crippen LogP) is 2.78. The number of unbranched alkanes of at least 4 members (excludes halogenated alkanes) is 1. The molecule has 0 radical (unpaired) electrons. The largest absolute Gasteiger partial charge is 0.298 e. The van der Waals surface area contributed by atoms with E-state index in [0.717, 1.165) is 24.9 Å². The number of rotatable bonds is 5. The van der Waals surface area contributed by atoms with Gasteiger partial charge in [0.05, 0.1) is 6.07 Å². The number of nitrogens with zero attached hydrogens (tertiary/aromatic N) is 1. The Morgan fingerprint density at radius 1 is 1.40 bits per heavy atom. The minimum absolute atomic E-state index is 0.274. The molecule has 0 amide bonds. The third-order valence-corrected chi connectivity index (χ3v) is 2.21. The molecule has 3 heteroatoms. The second-order valence-corrected chi connectivity index (χ2v) is 3.42. The number of nitrogens with one attached hydrogen (secondary N) is 1. The van der Waals surface area contributed by atoms with Crippen LogP contribution >= 0.6 is 0 Å². The number of benzene rings is 1. The van der Waals surface area contributed by atoms with E-state index in [9.17, 15) is 4.39 Å². The first-order valence-electron chi connectivity index (χ1n) is 5.16. The quantitative estimate of drug-likeness (QED) is 0.752. The van der Waals surface area contributed by atoms with E-state index in [1.54, 1.807) is 12.1 Å². The van der Waals surface area contributed by atoms with Gasteiger partial charge in [-0.2, -0.15) is 5.26 Å². The van der Waals surface area contributed by atoms with Crippen molar-refractivity contribution < 1.29 is 4.39 Å². The summed E-state index contributed by atoms with van der Waals surface area (Å²) in [4.78, 5) is 0. The molecule has 0 heterocycles. The van der Waals surface area contributed by atoms with Crippen molar-refractivity contribution >= 4 is 0 Å². The first kappa shape index (κ1) is 11.7. The molecular formula is C12H15FN2. The van der Waals surface area contributed by atoms with E-state index >= 15 is 0 Å². The highest BCUT2D eigenvalue weighted by molar-refractivity contribution is 5.24. The summed E-state index contributed by atoms with van der Waals surface area (Å²) < 4.78 is 12.7. The van der Waals surface area contributed by atoms with E-state index in [1.165, 1.54) is 12.1 Å². The van der Waals surface area contributed by atoms with Crippen LogP contribution in [0.5, 0.6) is 0 Å². The third-order valence-electron chi connectivity index (χ3n) is 2.21. The lowest BCUT2D eigenvalue weighted by Crippen LogP contribution is -2.20. The number of nitriles is 1. The van der Waals surface area contributed by atoms with Crippen molar-refractivity contribution in [2.24, 2.45) is 0 Å². The molecule has 1 N–H and O–H groups in total. The molecule has 1 rings (SSSR count). The van der Waals surface area contributed by atoms with Gasteiger partial charge in [0.25, 0.3) is 0 Å². The Morgan fingerprint density at radius 2 is 2.07 bits per heavy atom. The SMILES string of the molecule is CCCCNC(C#N)c1ccc(F)cc1. The molecule has 0 aliphatic heterocycles. The maximum absolute atomic E-state index is 12.7. The van der Waals surface area contributed by atoms with Crippen LogP contribution < -0.4 is 5.32 Å². The summed E-state index contributed by atoms with van der Waals surface area (Å²) in [5, 5.41) is 12.1. The van der Waals surface area contributed by atoms with Gasteiger partial charge in [-0.3, -0.25) is 5.32 Å². The van der Waals surface area contributed by atoms with Crippen molar-refractivity contribution in [3.05, 3.63) is 35.6 Å². The summed E-state index contributed by atoms with van der Waals surface area (Å²) in [5.74, 6) is -0.274. The maximum Gasteiger partial charge on any atom is 0.123 e. The maximum atomic E-state index is 12.7. The summed E-state index contributed by atoms with van der Waals surface area (Å²) in [6, 6.07) is 7.86. The van der Waals surface area contributed by atoms with Gasteiger partial charge in [0.15, 0.2) is 0 Å². The van der Waals surface area contributed by atoms with E-state index in [-0.39, 0.29) is 11.9 Å². The van der Waals surface area contributed by atoms with Gasteiger partial charge in [-0.25, -0.2) is 4.39 Å². The average molecular weight is 206 g/mol. The van der Waals surface area contributed by atoms with Crippen LogP contribution in [-0.2, 0) is 0 Å². The van der Waals surface area contributed by atoms with Crippen molar-refractivity contribution in [2.75, 3.05) is 6.54 Å². The van der Waals surface area contributed by atoms with E-state index < -0.39 is 0 Å². The van der Waals surface area contributed by atoms with E-state index in [2.05, 4.69) is 18.3 Å². The zero-order valence-corrected chi connectivity index (χ0v) is 8.83. The highest BCUT2D eigenvalue weighted by atomic mass is 19.1. The summed E-state index contributed by atoms with van der Waals surface area (Å²) >= 11 is 0. The zero-order chi connectivity index (χ0) is 11.1. The molecule has 0 fully saturated rings. The lowest BCUT2D eigenvalue weighted by Gasteiger charge is -2.11. The van der Waals surface area contributed by atoms with Crippen LogP contribution in [0.2, 0.25) is 0 Å². The molecule has 1 atom stereocenters. The van der Waals surface area contributed by atoms with Crippen LogP contribution in [0.25, 0.3) is 0 Å². The predicted molar refractivity (Wildman–Crippen MR) is 57.7 cm³/mol. The van der Waals surface area contributed by atoms with Gasteiger partial charge in [-0.1, -0.05) is 25.5 Å². The first-order valence-corrected chi connectivity index (χ1v) is 5.16. The normalized spacial score (nSPS) is 12.1. The molecule has 0 saturated heterocycles. The molecule has 1 unspecified atom stereocenters. The Balaban J connectivity index is 2.59. The standard InChI is InChI=1S/C12H15FN2/c1-2-3-8-15-12(9-14)10-4-6-11(13)7-5-10/h4-7,12,15H,2-3,8H2,1H3. The Labute approximate surface area is 89.7 Å². The molecule has 0 spiro atoms. The van der Waals surface area contributed by atoms with Gasteiger partial charge in [-0.05, 0) is 30.7 Å². The first-order chi connectivity index (χ1) is 7.27. The molecule has 1 aromatic rings. The molecule has 15 heavy (non-hydrogen) atoms. The fourth-order valence-electron chi connectivity index (χ4n) is 1.32. The van der Waals surface area contributed by atoms with Gasteiger partial charge in [-0.15, -0.1) is 0 Å². The summed E-state index contributed by atoms with van der Waals surface area (Å²) in [7, 11) is 0. The molecule has 0 aliphatic carbocycles. The summed E-state index contributed by atoms with van der Waals surface area (Å²) in [6.07, 6.45) is 2.13. The monoisotopic (exact) mass is 206 g/mol.